The zero-order valence-corrected chi connectivity index (χ0v) is 10.9. The summed E-state index contributed by atoms with van der Waals surface area (Å²) >= 11 is 0. The first-order valence-corrected chi connectivity index (χ1v) is 5.77. The van der Waals surface area contributed by atoms with Crippen molar-refractivity contribution in [1.82, 2.24) is 0 Å². The number of esters is 1. The standard InChI is InChI=1S/C14H18O4/c1-5-12(18-14(16)9(2)3)17-11-8-6-7-10(4)13(11)15/h6-8,12,15H,2,5H2,1,3-4H3. The number of hydrogen-bond acceptors (Lipinski definition) is 4. The van der Waals surface area contributed by atoms with Crippen molar-refractivity contribution in [3.05, 3.63) is 35.9 Å². The first-order chi connectivity index (χ1) is 8.45. The van der Waals surface area contributed by atoms with E-state index in [0.29, 0.717) is 23.3 Å². The van der Waals surface area contributed by atoms with Crippen molar-refractivity contribution in [3.63, 3.8) is 0 Å². The summed E-state index contributed by atoms with van der Waals surface area (Å²) in [7, 11) is 0. The number of ether oxygens (including phenoxy) is 2. The van der Waals surface area contributed by atoms with Gasteiger partial charge in [-0.25, -0.2) is 4.79 Å². The minimum atomic E-state index is -0.734. The van der Waals surface area contributed by atoms with Gasteiger partial charge >= 0.3 is 5.97 Å². The summed E-state index contributed by atoms with van der Waals surface area (Å²) in [6.45, 7) is 8.66. The van der Waals surface area contributed by atoms with E-state index in [9.17, 15) is 9.90 Å². The van der Waals surface area contributed by atoms with E-state index < -0.39 is 12.3 Å². The van der Waals surface area contributed by atoms with Gasteiger partial charge in [-0.15, -0.1) is 0 Å². The third-order valence-electron chi connectivity index (χ3n) is 2.38. The second kappa shape index (κ2) is 6.10. The third kappa shape index (κ3) is 3.52. The van der Waals surface area contributed by atoms with Gasteiger partial charge in [-0.2, -0.15) is 0 Å². The van der Waals surface area contributed by atoms with Crippen molar-refractivity contribution in [3.8, 4) is 11.5 Å². The Kier molecular flexibility index (Phi) is 4.77. The molecule has 0 aliphatic rings. The van der Waals surface area contributed by atoms with Gasteiger partial charge in [0, 0.05) is 12.0 Å². The average molecular weight is 250 g/mol. The normalized spacial score (nSPS) is 11.7. The van der Waals surface area contributed by atoms with E-state index in [1.165, 1.54) is 0 Å². The quantitative estimate of drug-likeness (QED) is 0.496. The highest BCUT2D eigenvalue weighted by atomic mass is 16.7. The number of para-hydroxylation sites is 1. The van der Waals surface area contributed by atoms with Crippen molar-refractivity contribution in [2.75, 3.05) is 0 Å². The lowest BCUT2D eigenvalue weighted by atomic mass is 10.2. The van der Waals surface area contributed by atoms with Crippen LogP contribution < -0.4 is 4.74 Å². The maximum Gasteiger partial charge on any atom is 0.336 e. The van der Waals surface area contributed by atoms with Crippen LogP contribution in [0.2, 0.25) is 0 Å². The molecule has 1 rings (SSSR count). The fourth-order valence-corrected chi connectivity index (χ4v) is 1.28. The van der Waals surface area contributed by atoms with E-state index in [1.807, 2.05) is 6.92 Å². The van der Waals surface area contributed by atoms with Gasteiger partial charge in [0.25, 0.3) is 0 Å². The number of carbonyl (C=O) groups excluding carboxylic acids is 1. The molecule has 0 heterocycles. The summed E-state index contributed by atoms with van der Waals surface area (Å²) in [5.41, 5.74) is 1.01. The van der Waals surface area contributed by atoms with Gasteiger partial charge < -0.3 is 14.6 Å². The van der Waals surface area contributed by atoms with Gasteiger partial charge in [-0.1, -0.05) is 25.6 Å². The second-order valence-corrected chi connectivity index (χ2v) is 4.06. The summed E-state index contributed by atoms with van der Waals surface area (Å²) in [5, 5.41) is 9.80. The van der Waals surface area contributed by atoms with E-state index in [1.54, 1.807) is 32.0 Å². The summed E-state index contributed by atoms with van der Waals surface area (Å²) in [4.78, 5) is 11.4. The molecular formula is C14H18O4. The maximum absolute atomic E-state index is 11.4. The molecule has 0 bridgehead atoms. The van der Waals surface area contributed by atoms with E-state index in [4.69, 9.17) is 9.47 Å². The highest BCUT2D eigenvalue weighted by Gasteiger charge is 2.16. The Bertz CT molecular complexity index is 451. The van der Waals surface area contributed by atoms with Gasteiger partial charge in [0.1, 0.15) is 0 Å². The molecule has 1 atom stereocenters. The van der Waals surface area contributed by atoms with Crippen molar-refractivity contribution in [2.45, 2.75) is 33.5 Å². The van der Waals surface area contributed by atoms with Crippen LogP contribution in [0.15, 0.2) is 30.4 Å². The van der Waals surface area contributed by atoms with Crippen LogP contribution in [0.3, 0.4) is 0 Å². The number of carbonyl (C=O) groups is 1. The van der Waals surface area contributed by atoms with E-state index >= 15 is 0 Å². The predicted molar refractivity (Wildman–Crippen MR) is 68.5 cm³/mol. The Morgan fingerprint density at radius 2 is 2.17 bits per heavy atom. The Morgan fingerprint density at radius 1 is 1.50 bits per heavy atom. The lowest BCUT2D eigenvalue weighted by Crippen LogP contribution is -2.23. The molecule has 0 amide bonds. The number of phenols is 1. The number of benzene rings is 1. The first-order valence-electron chi connectivity index (χ1n) is 5.77. The molecule has 0 aliphatic carbocycles. The molecule has 0 aliphatic heterocycles. The van der Waals surface area contributed by atoms with Crippen LogP contribution in [0, 0.1) is 6.92 Å². The number of hydrogen-bond donors (Lipinski definition) is 1. The number of phenolic OH excluding ortho intramolecular Hbond substituents is 1. The molecule has 1 aromatic carbocycles. The monoisotopic (exact) mass is 250 g/mol. The lowest BCUT2D eigenvalue weighted by molar-refractivity contribution is -0.159. The molecule has 0 fully saturated rings. The highest BCUT2D eigenvalue weighted by Crippen LogP contribution is 2.30. The predicted octanol–water partition coefficient (Wildman–Crippen LogP) is 2.93. The molecule has 0 saturated carbocycles. The molecule has 1 N–H and O–H groups in total. The van der Waals surface area contributed by atoms with Crippen molar-refractivity contribution < 1.29 is 19.4 Å². The summed E-state index contributed by atoms with van der Waals surface area (Å²) in [6.07, 6.45) is -0.256. The molecule has 18 heavy (non-hydrogen) atoms. The fourth-order valence-electron chi connectivity index (χ4n) is 1.28. The minimum absolute atomic E-state index is 0.0577. The van der Waals surface area contributed by atoms with E-state index in [2.05, 4.69) is 6.58 Å². The van der Waals surface area contributed by atoms with Crippen molar-refractivity contribution >= 4 is 5.97 Å². The fraction of sp³-hybridized carbons (Fsp3) is 0.357. The van der Waals surface area contributed by atoms with Crippen LogP contribution >= 0.6 is 0 Å². The molecule has 0 spiro atoms. The third-order valence-corrected chi connectivity index (χ3v) is 2.38. The molecular weight excluding hydrogens is 232 g/mol. The SMILES string of the molecule is C=C(C)C(=O)OC(CC)Oc1cccc(C)c1O. The van der Waals surface area contributed by atoms with Gasteiger partial charge in [-0.05, 0) is 25.5 Å². The molecule has 1 unspecified atom stereocenters. The van der Waals surface area contributed by atoms with E-state index in [0.717, 1.165) is 0 Å². The summed E-state index contributed by atoms with van der Waals surface area (Å²) < 4.78 is 10.5. The average Bonchev–Trinajstić information content (AvgIpc) is 2.33. The van der Waals surface area contributed by atoms with Crippen LogP contribution in [0.4, 0.5) is 0 Å². The van der Waals surface area contributed by atoms with Crippen LogP contribution in [-0.2, 0) is 9.53 Å². The molecule has 0 radical (unpaired) electrons. The maximum atomic E-state index is 11.4. The topological polar surface area (TPSA) is 55.8 Å². The van der Waals surface area contributed by atoms with Crippen molar-refractivity contribution in [1.29, 1.82) is 0 Å². The summed E-state index contributed by atoms with van der Waals surface area (Å²) in [5.74, 6) is -0.146. The Hall–Kier alpha value is -1.97. The molecule has 0 aromatic heterocycles. The molecule has 0 saturated heterocycles. The zero-order valence-electron chi connectivity index (χ0n) is 10.9. The molecule has 4 nitrogen and oxygen atoms in total. The van der Waals surface area contributed by atoms with Gasteiger partial charge in [0.15, 0.2) is 11.5 Å². The number of aryl methyl sites for hydroxylation is 1. The molecule has 1 aromatic rings. The second-order valence-electron chi connectivity index (χ2n) is 4.06. The smallest absolute Gasteiger partial charge is 0.336 e. The zero-order chi connectivity index (χ0) is 13.7. The molecule has 4 heteroatoms. The number of aromatic hydroxyl groups is 1. The Balaban J connectivity index is 2.77. The molecule has 98 valence electrons. The number of rotatable bonds is 5. The van der Waals surface area contributed by atoms with Crippen molar-refractivity contribution in [2.24, 2.45) is 0 Å². The van der Waals surface area contributed by atoms with E-state index in [-0.39, 0.29) is 5.75 Å². The Morgan fingerprint density at radius 3 is 2.72 bits per heavy atom. The van der Waals surface area contributed by atoms with Gasteiger partial charge in [-0.3, -0.25) is 0 Å². The highest BCUT2D eigenvalue weighted by molar-refractivity contribution is 5.87. The Labute approximate surface area is 107 Å². The van der Waals surface area contributed by atoms with Crippen LogP contribution in [0.5, 0.6) is 11.5 Å². The van der Waals surface area contributed by atoms with Crippen LogP contribution in [0.25, 0.3) is 0 Å². The van der Waals surface area contributed by atoms with Gasteiger partial charge in [0.05, 0.1) is 0 Å². The lowest BCUT2D eigenvalue weighted by Gasteiger charge is -2.19. The largest absolute Gasteiger partial charge is 0.504 e. The van der Waals surface area contributed by atoms with Crippen LogP contribution in [-0.4, -0.2) is 17.4 Å². The first kappa shape index (κ1) is 14.1. The summed E-state index contributed by atoms with van der Waals surface area (Å²) in [6, 6.07) is 5.15. The minimum Gasteiger partial charge on any atom is -0.504 e. The van der Waals surface area contributed by atoms with Crippen LogP contribution in [0.1, 0.15) is 25.8 Å². The van der Waals surface area contributed by atoms with Gasteiger partial charge in [0.2, 0.25) is 6.29 Å².